The number of carbonyl (C=O) groups excluding carboxylic acids is 1. The molecule has 52 heavy (non-hydrogen) atoms. The highest BCUT2D eigenvalue weighted by Crippen LogP contribution is 2.61. The highest BCUT2D eigenvalue weighted by atomic mass is 19.1. The van der Waals surface area contributed by atoms with E-state index in [4.69, 9.17) is 4.74 Å². The van der Waals surface area contributed by atoms with Gasteiger partial charge in [-0.1, -0.05) is 37.3 Å². The van der Waals surface area contributed by atoms with E-state index in [9.17, 15) is 19.1 Å². The van der Waals surface area contributed by atoms with Gasteiger partial charge in [-0.2, -0.15) is 5.10 Å². The third-order valence-corrected chi connectivity index (χ3v) is 13.1. The minimum absolute atomic E-state index is 0.0837. The summed E-state index contributed by atoms with van der Waals surface area (Å²) in [7, 11) is 0. The number of phenolic OH excluding ortho intramolecular Hbond substituents is 1. The van der Waals surface area contributed by atoms with Gasteiger partial charge in [-0.3, -0.25) is 14.5 Å². The monoisotopic (exact) mass is 706 g/mol. The van der Waals surface area contributed by atoms with Gasteiger partial charge in [0.15, 0.2) is 0 Å². The maximum absolute atomic E-state index is 15.0. The molecule has 2 N–H and O–H groups in total. The SMILES string of the molecule is C[C@]12CC[C@@H]3c4ccc(O)cc4CC[C@H]3[C@@H]1CCC2OCCCCCN1CCN(C(=O)c2cc(Cc3n[nH]c(=O)c4ccccc34)ccc2F)CC1. The number of fused-ring (bicyclic) bond motifs is 6. The molecule has 1 unspecified atom stereocenters. The summed E-state index contributed by atoms with van der Waals surface area (Å²) in [5.41, 5.74) is 4.40. The summed E-state index contributed by atoms with van der Waals surface area (Å²) < 4.78 is 21.6. The van der Waals surface area contributed by atoms with Crippen LogP contribution in [-0.4, -0.2) is 76.4 Å². The van der Waals surface area contributed by atoms with E-state index in [2.05, 4.69) is 28.1 Å². The smallest absolute Gasteiger partial charge is 0.272 e. The molecule has 3 fully saturated rings. The fraction of sp³-hybridized carbons (Fsp3) is 0.512. The second-order valence-corrected chi connectivity index (χ2v) is 16.0. The Morgan fingerprint density at radius 3 is 2.65 bits per heavy atom. The molecule has 2 saturated carbocycles. The van der Waals surface area contributed by atoms with Crippen molar-refractivity contribution in [3.8, 4) is 5.75 Å². The van der Waals surface area contributed by atoms with Crippen LogP contribution < -0.4 is 5.56 Å². The zero-order valence-corrected chi connectivity index (χ0v) is 30.3. The molecule has 1 saturated heterocycles. The molecule has 274 valence electrons. The highest BCUT2D eigenvalue weighted by molar-refractivity contribution is 5.95. The molecule has 0 radical (unpaired) electrons. The number of aromatic hydroxyl groups is 1. The molecule has 1 aliphatic heterocycles. The molecular formula is C43H51FN4O4. The Hall–Kier alpha value is -4.08. The van der Waals surface area contributed by atoms with Crippen molar-refractivity contribution in [2.75, 3.05) is 39.3 Å². The van der Waals surface area contributed by atoms with Crippen LogP contribution in [0.4, 0.5) is 4.39 Å². The number of phenols is 1. The third kappa shape index (κ3) is 6.78. The van der Waals surface area contributed by atoms with Gasteiger partial charge in [-0.15, -0.1) is 0 Å². The lowest BCUT2D eigenvalue weighted by molar-refractivity contribution is -0.0647. The van der Waals surface area contributed by atoms with Crippen molar-refractivity contribution in [2.24, 2.45) is 17.3 Å². The highest BCUT2D eigenvalue weighted by Gasteiger charge is 2.55. The molecule has 3 aliphatic carbocycles. The number of carbonyl (C=O) groups is 1. The Bertz CT molecular complexity index is 1990. The van der Waals surface area contributed by atoms with Crippen LogP contribution >= 0.6 is 0 Å². The number of aromatic amines is 1. The van der Waals surface area contributed by atoms with Crippen molar-refractivity contribution in [2.45, 2.75) is 83.2 Å². The van der Waals surface area contributed by atoms with Crippen molar-refractivity contribution in [3.63, 3.8) is 0 Å². The van der Waals surface area contributed by atoms with Gasteiger partial charge in [-0.05, 0) is 135 Å². The lowest BCUT2D eigenvalue weighted by atomic mass is 9.55. The first-order valence-corrected chi connectivity index (χ1v) is 19.5. The second kappa shape index (κ2) is 14.7. The summed E-state index contributed by atoms with van der Waals surface area (Å²) in [6, 6.07) is 18.0. The fourth-order valence-electron chi connectivity index (χ4n) is 10.3. The number of nitrogens with zero attached hydrogens (tertiary/aromatic N) is 3. The zero-order chi connectivity index (χ0) is 35.8. The van der Waals surface area contributed by atoms with Crippen LogP contribution in [-0.2, 0) is 17.6 Å². The number of hydrogen-bond donors (Lipinski definition) is 2. The molecule has 8 nitrogen and oxygen atoms in total. The van der Waals surface area contributed by atoms with Crippen LogP contribution in [0.1, 0.15) is 97.0 Å². The minimum atomic E-state index is -0.519. The average Bonchev–Trinajstić information content (AvgIpc) is 3.50. The van der Waals surface area contributed by atoms with Crippen molar-refractivity contribution in [1.29, 1.82) is 0 Å². The first-order chi connectivity index (χ1) is 25.3. The number of benzene rings is 3. The van der Waals surface area contributed by atoms with E-state index in [1.54, 1.807) is 23.1 Å². The third-order valence-electron chi connectivity index (χ3n) is 13.1. The molecule has 0 spiro atoms. The number of piperazine rings is 1. The number of unbranched alkanes of at least 4 members (excludes halogenated alkanes) is 2. The number of halogens is 1. The largest absolute Gasteiger partial charge is 0.508 e. The first-order valence-electron chi connectivity index (χ1n) is 19.5. The summed E-state index contributed by atoms with van der Waals surface area (Å²) in [6.07, 6.45) is 11.2. The van der Waals surface area contributed by atoms with Gasteiger partial charge in [0.2, 0.25) is 0 Å². The number of nitrogens with one attached hydrogen (secondary N) is 1. The number of rotatable bonds is 10. The normalized spacial score (nSPS) is 25.8. The summed E-state index contributed by atoms with van der Waals surface area (Å²) in [5.74, 6) is 1.69. The van der Waals surface area contributed by atoms with E-state index in [0.717, 1.165) is 74.7 Å². The van der Waals surface area contributed by atoms with Crippen molar-refractivity contribution in [1.82, 2.24) is 20.0 Å². The molecule has 4 aliphatic rings. The zero-order valence-electron chi connectivity index (χ0n) is 30.3. The number of hydrogen-bond acceptors (Lipinski definition) is 6. The minimum Gasteiger partial charge on any atom is -0.508 e. The van der Waals surface area contributed by atoms with Gasteiger partial charge < -0.3 is 14.7 Å². The molecule has 4 aromatic rings. The van der Waals surface area contributed by atoms with Crippen molar-refractivity contribution in [3.05, 3.63) is 105 Å². The molecule has 9 heteroatoms. The Morgan fingerprint density at radius 1 is 0.981 bits per heavy atom. The molecule has 8 rings (SSSR count). The van der Waals surface area contributed by atoms with Crippen LogP contribution in [0.15, 0.2) is 65.5 Å². The number of amides is 1. The maximum atomic E-state index is 15.0. The van der Waals surface area contributed by atoms with E-state index in [1.807, 2.05) is 30.3 Å². The van der Waals surface area contributed by atoms with Gasteiger partial charge in [-0.25, -0.2) is 9.49 Å². The molecule has 1 aromatic heterocycles. The lowest BCUT2D eigenvalue weighted by Crippen LogP contribution is -2.49. The average molecular weight is 707 g/mol. The fourth-order valence-corrected chi connectivity index (χ4v) is 10.3. The van der Waals surface area contributed by atoms with Crippen LogP contribution in [0.25, 0.3) is 10.8 Å². The van der Waals surface area contributed by atoms with Crippen LogP contribution in [0, 0.1) is 23.1 Å². The van der Waals surface area contributed by atoms with E-state index < -0.39 is 5.82 Å². The molecular weight excluding hydrogens is 655 g/mol. The van der Waals surface area contributed by atoms with E-state index in [0.29, 0.717) is 48.4 Å². The predicted octanol–water partition coefficient (Wildman–Crippen LogP) is 7.23. The van der Waals surface area contributed by atoms with Gasteiger partial charge in [0.05, 0.1) is 22.7 Å². The van der Waals surface area contributed by atoms with Gasteiger partial charge in [0, 0.05) is 44.6 Å². The Balaban J connectivity index is 0.768. The quantitative estimate of drug-likeness (QED) is 0.169. The molecule has 2 heterocycles. The molecule has 5 atom stereocenters. The summed E-state index contributed by atoms with van der Waals surface area (Å²) in [4.78, 5) is 29.8. The number of H-pyrrole nitrogens is 1. The molecule has 3 aromatic carbocycles. The second-order valence-electron chi connectivity index (χ2n) is 16.0. The van der Waals surface area contributed by atoms with Gasteiger partial charge >= 0.3 is 0 Å². The van der Waals surface area contributed by atoms with E-state index in [-0.39, 0.29) is 22.4 Å². The molecule has 0 bridgehead atoms. The van der Waals surface area contributed by atoms with Crippen molar-refractivity contribution < 1.29 is 19.0 Å². The van der Waals surface area contributed by atoms with Crippen LogP contribution in [0.3, 0.4) is 0 Å². The van der Waals surface area contributed by atoms with Crippen molar-refractivity contribution >= 4 is 16.7 Å². The number of aryl methyl sites for hydroxylation is 1. The number of aromatic nitrogens is 2. The summed E-state index contributed by atoms with van der Waals surface area (Å²) in [6.45, 7) is 7.05. The van der Waals surface area contributed by atoms with E-state index >= 15 is 0 Å². The Morgan fingerprint density at radius 2 is 1.81 bits per heavy atom. The van der Waals surface area contributed by atoms with Gasteiger partial charge in [0.1, 0.15) is 11.6 Å². The Kier molecular flexibility index (Phi) is 9.92. The maximum Gasteiger partial charge on any atom is 0.272 e. The topological polar surface area (TPSA) is 98.8 Å². The number of ether oxygens (including phenoxy) is 1. The lowest BCUT2D eigenvalue weighted by Gasteiger charge is -2.50. The van der Waals surface area contributed by atoms with E-state index in [1.165, 1.54) is 49.3 Å². The molecule has 1 amide bonds. The summed E-state index contributed by atoms with van der Waals surface area (Å²) in [5, 5.41) is 18.1. The van der Waals surface area contributed by atoms with Crippen LogP contribution in [0.2, 0.25) is 0 Å². The first kappa shape index (κ1) is 35.0. The predicted molar refractivity (Wildman–Crippen MR) is 200 cm³/mol. The van der Waals surface area contributed by atoms with Gasteiger partial charge in [0.25, 0.3) is 11.5 Å². The Labute approximate surface area is 305 Å². The van der Waals surface area contributed by atoms with Crippen LogP contribution in [0.5, 0.6) is 5.75 Å². The standard InChI is InChI=1S/C43H51FN4O4/c1-43-18-17-32-31-13-11-30(49)27-29(31)10-12-33(32)37(43)14-16-40(43)52-24-6-2-5-19-47-20-22-48(23-21-47)42(51)36-25-28(9-15-38(36)44)26-39-34-7-3-4-8-35(34)41(50)46-45-39/h3-4,7-9,11,13,15,25,27,32-33,37,40,49H,2,5-6,10,12,14,16-24,26H2,1H3,(H,46,50)/t32-,33-,37+,40?,43+/m1/s1. The summed E-state index contributed by atoms with van der Waals surface area (Å²) >= 11 is 0.